The molecular formula is C13H14LiNO2. The summed E-state index contributed by atoms with van der Waals surface area (Å²) in [6.45, 7) is 2.46. The van der Waals surface area contributed by atoms with Gasteiger partial charge in [-0.15, -0.1) is 22.4 Å². The number of anilines is 1. The molecule has 3 rings (SSSR count). The Kier molecular flexibility index (Phi) is 3.07. The molecule has 0 N–H and O–H groups in total. The fraction of sp³-hybridized carbons (Fsp3) is 0.308. The van der Waals surface area contributed by atoms with Crippen molar-refractivity contribution in [3.63, 3.8) is 0 Å². The van der Waals surface area contributed by atoms with Crippen molar-refractivity contribution in [2.24, 2.45) is 0 Å². The number of hydrogen-bond donors (Lipinski definition) is 0. The van der Waals surface area contributed by atoms with Crippen molar-refractivity contribution in [2.75, 3.05) is 25.8 Å². The first-order valence-electron chi connectivity index (χ1n) is 5.34. The smallest absolute Gasteiger partial charge is 0.463 e. The van der Waals surface area contributed by atoms with Crippen molar-refractivity contribution < 1.29 is 28.3 Å². The molecule has 4 heteroatoms. The summed E-state index contributed by atoms with van der Waals surface area (Å²) in [6.07, 6.45) is 0. The van der Waals surface area contributed by atoms with Crippen LogP contribution in [0.15, 0.2) is 18.2 Å². The van der Waals surface area contributed by atoms with Crippen LogP contribution in [0, 0.1) is 6.92 Å². The molecule has 0 aromatic heterocycles. The van der Waals surface area contributed by atoms with E-state index in [-0.39, 0.29) is 18.9 Å². The molecule has 0 saturated heterocycles. The largest absolute Gasteiger partial charge is 1.00 e. The number of benzene rings is 1. The van der Waals surface area contributed by atoms with Gasteiger partial charge in [0.25, 0.3) is 0 Å². The first kappa shape index (κ1) is 12.3. The number of nitrogens with zero attached hydrogens (tertiary/aromatic N) is 1. The fourth-order valence-corrected chi connectivity index (χ4v) is 2.39. The molecule has 84 valence electrons. The Hall–Kier alpha value is -1.17. The number of hydrogen-bond acceptors (Lipinski definition) is 3. The summed E-state index contributed by atoms with van der Waals surface area (Å²) in [5.41, 5.74) is 2.54. The zero-order valence-corrected chi connectivity index (χ0v) is 10.7. The molecule has 17 heavy (non-hydrogen) atoms. The number of fused-ring (bicyclic) bond motifs is 2. The Morgan fingerprint density at radius 3 is 2.47 bits per heavy atom. The zero-order valence-electron chi connectivity index (χ0n) is 10.7. The van der Waals surface area contributed by atoms with Gasteiger partial charge < -0.3 is 14.4 Å². The third-order valence-corrected chi connectivity index (χ3v) is 2.99. The van der Waals surface area contributed by atoms with Crippen LogP contribution in [0.3, 0.4) is 0 Å². The quantitative estimate of drug-likeness (QED) is 0.488. The van der Waals surface area contributed by atoms with Crippen molar-refractivity contribution >= 4 is 16.5 Å². The van der Waals surface area contributed by atoms with Crippen LogP contribution in [0.1, 0.15) is 5.56 Å². The van der Waals surface area contributed by atoms with E-state index in [9.17, 15) is 0 Å². The van der Waals surface area contributed by atoms with Gasteiger partial charge >= 0.3 is 18.9 Å². The molecular weight excluding hydrogens is 209 g/mol. The van der Waals surface area contributed by atoms with Crippen molar-refractivity contribution in [3.05, 3.63) is 23.8 Å². The van der Waals surface area contributed by atoms with Gasteiger partial charge in [0, 0.05) is 0 Å². The summed E-state index contributed by atoms with van der Waals surface area (Å²) in [5.74, 6) is 1.70. The van der Waals surface area contributed by atoms with Gasteiger partial charge in [0.1, 0.15) is 11.5 Å². The van der Waals surface area contributed by atoms with Gasteiger partial charge in [-0.1, -0.05) is 24.7 Å². The maximum atomic E-state index is 5.41. The van der Waals surface area contributed by atoms with Gasteiger partial charge in [-0.25, -0.2) is 0 Å². The Balaban J connectivity index is 0.00000108. The van der Waals surface area contributed by atoms with Crippen LogP contribution in [-0.4, -0.2) is 20.9 Å². The molecule has 0 amide bonds. The second-order valence-corrected chi connectivity index (χ2v) is 4.36. The SMILES string of the molecule is Cc1[cH-]c2cc3c(cc2c1N(C)C)OCO3.[Li+]. The van der Waals surface area contributed by atoms with Gasteiger partial charge in [0.15, 0.2) is 0 Å². The van der Waals surface area contributed by atoms with Crippen LogP contribution >= 0.6 is 0 Å². The van der Waals surface area contributed by atoms with E-state index in [2.05, 4.69) is 44.1 Å². The Labute approximate surface area is 113 Å². The van der Waals surface area contributed by atoms with Gasteiger partial charge in [0.05, 0.1) is 0 Å². The van der Waals surface area contributed by atoms with E-state index in [1.807, 2.05) is 0 Å². The summed E-state index contributed by atoms with van der Waals surface area (Å²) >= 11 is 0. The second kappa shape index (κ2) is 4.25. The molecule has 2 aromatic rings. The van der Waals surface area contributed by atoms with Crippen LogP contribution in [0.4, 0.5) is 5.69 Å². The van der Waals surface area contributed by atoms with Crippen LogP contribution in [-0.2, 0) is 0 Å². The van der Waals surface area contributed by atoms with Crippen molar-refractivity contribution in [3.8, 4) is 11.5 Å². The minimum atomic E-state index is 0. The molecule has 0 unspecified atom stereocenters. The van der Waals surface area contributed by atoms with E-state index in [0.717, 1.165) is 11.5 Å². The van der Waals surface area contributed by atoms with Gasteiger partial charge in [0.2, 0.25) is 6.79 Å². The van der Waals surface area contributed by atoms with Crippen LogP contribution in [0.25, 0.3) is 10.8 Å². The first-order chi connectivity index (χ1) is 7.66. The standard InChI is InChI=1S/C13H14NO2.Li/c1-8-4-9-5-11-12(16-7-15-11)6-10(9)13(8)14(2)3;/h4-6H,7H2,1-3H3;/q-1;+1. The van der Waals surface area contributed by atoms with Crippen molar-refractivity contribution in [1.29, 1.82) is 0 Å². The molecule has 1 aliphatic rings. The molecule has 2 aromatic carbocycles. The third kappa shape index (κ3) is 1.80. The van der Waals surface area contributed by atoms with Crippen LogP contribution in [0.5, 0.6) is 11.5 Å². The average molecular weight is 223 g/mol. The average Bonchev–Trinajstić information content (AvgIpc) is 2.75. The van der Waals surface area contributed by atoms with E-state index in [4.69, 9.17) is 9.47 Å². The van der Waals surface area contributed by atoms with Crippen molar-refractivity contribution in [1.82, 2.24) is 0 Å². The topological polar surface area (TPSA) is 21.7 Å². The summed E-state index contributed by atoms with van der Waals surface area (Å²) in [6, 6.07) is 6.31. The van der Waals surface area contributed by atoms with E-state index >= 15 is 0 Å². The predicted octanol–water partition coefficient (Wildman–Crippen LogP) is -0.334. The number of ether oxygens (including phenoxy) is 2. The molecule has 0 saturated carbocycles. The maximum Gasteiger partial charge on any atom is 1.00 e. The molecule has 0 fully saturated rings. The number of rotatable bonds is 1. The van der Waals surface area contributed by atoms with Gasteiger partial charge in [-0.05, 0) is 14.1 Å². The summed E-state index contributed by atoms with van der Waals surface area (Å²) in [4.78, 5) is 2.14. The zero-order chi connectivity index (χ0) is 11.3. The van der Waals surface area contributed by atoms with Gasteiger partial charge in [-0.2, -0.15) is 0 Å². The van der Waals surface area contributed by atoms with Gasteiger partial charge in [-0.3, -0.25) is 0 Å². The molecule has 0 atom stereocenters. The molecule has 0 spiro atoms. The molecule has 1 aliphatic heterocycles. The van der Waals surface area contributed by atoms with Crippen LogP contribution in [0.2, 0.25) is 0 Å². The molecule has 0 radical (unpaired) electrons. The maximum absolute atomic E-state index is 5.41. The number of aryl methyl sites for hydroxylation is 1. The van der Waals surface area contributed by atoms with Crippen molar-refractivity contribution in [2.45, 2.75) is 6.92 Å². The van der Waals surface area contributed by atoms with Crippen LogP contribution < -0.4 is 33.2 Å². The molecule has 0 aliphatic carbocycles. The Morgan fingerprint density at radius 2 is 1.82 bits per heavy atom. The predicted molar refractivity (Wildman–Crippen MR) is 64.7 cm³/mol. The van der Waals surface area contributed by atoms with E-state index in [1.54, 1.807) is 0 Å². The van der Waals surface area contributed by atoms with E-state index in [0.29, 0.717) is 6.79 Å². The molecule has 0 bridgehead atoms. The Morgan fingerprint density at radius 1 is 1.18 bits per heavy atom. The monoisotopic (exact) mass is 223 g/mol. The normalized spacial score (nSPS) is 12.6. The minimum Gasteiger partial charge on any atom is -0.463 e. The fourth-order valence-electron chi connectivity index (χ4n) is 2.39. The van der Waals surface area contributed by atoms with E-state index < -0.39 is 0 Å². The summed E-state index contributed by atoms with van der Waals surface area (Å²) in [7, 11) is 4.12. The minimum absolute atomic E-state index is 0. The first-order valence-corrected chi connectivity index (χ1v) is 5.34. The van der Waals surface area contributed by atoms with E-state index in [1.165, 1.54) is 22.0 Å². The summed E-state index contributed by atoms with van der Waals surface area (Å²) < 4.78 is 10.8. The second-order valence-electron chi connectivity index (χ2n) is 4.36. The molecule has 3 nitrogen and oxygen atoms in total. The third-order valence-electron chi connectivity index (χ3n) is 2.99. The molecule has 1 heterocycles. The summed E-state index contributed by atoms with van der Waals surface area (Å²) in [5, 5.41) is 2.44. The Bertz CT molecular complexity index is 560.